The van der Waals surface area contributed by atoms with Gasteiger partial charge in [-0.1, -0.05) is 37.3 Å². The lowest BCUT2D eigenvalue weighted by Gasteiger charge is -2.40. The molecule has 1 saturated carbocycles. The van der Waals surface area contributed by atoms with Gasteiger partial charge in [-0.05, 0) is 30.7 Å². The summed E-state index contributed by atoms with van der Waals surface area (Å²) in [5.41, 5.74) is 0.412. The molecule has 2 rings (SSSR count). The van der Waals surface area contributed by atoms with Crippen LogP contribution < -0.4 is 4.72 Å². The van der Waals surface area contributed by atoms with Crippen LogP contribution in [0.2, 0.25) is 0 Å². The van der Waals surface area contributed by atoms with Crippen LogP contribution >= 0.6 is 0 Å². The summed E-state index contributed by atoms with van der Waals surface area (Å²) in [4.78, 5) is 0. The molecule has 1 aliphatic rings. The lowest BCUT2D eigenvalue weighted by molar-refractivity contribution is 0.110. The minimum Gasteiger partial charge on any atom is -0.394 e. The van der Waals surface area contributed by atoms with Gasteiger partial charge in [-0.15, -0.1) is 0 Å². The predicted octanol–water partition coefficient (Wildman–Crippen LogP) is 1.62. The van der Waals surface area contributed by atoms with E-state index in [0.717, 1.165) is 24.8 Å². The second-order valence-corrected chi connectivity index (χ2v) is 7.25. The van der Waals surface area contributed by atoms with Gasteiger partial charge < -0.3 is 5.11 Å². The fourth-order valence-electron chi connectivity index (χ4n) is 2.47. The van der Waals surface area contributed by atoms with E-state index < -0.39 is 15.6 Å². The standard InChI is InChI=1S/C14H21NO3S/c1-12(13-6-3-2-4-7-13)10-19(17,18)15-14(11-16)8-5-9-14/h2-4,6-7,12,15-16H,5,8-11H2,1H3. The molecule has 1 aromatic carbocycles. The molecule has 5 heteroatoms. The van der Waals surface area contributed by atoms with Gasteiger partial charge in [0.1, 0.15) is 0 Å². The summed E-state index contributed by atoms with van der Waals surface area (Å²) < 4.78 is 27.0. The Morgan fingerprint density at radius 2 is 1.95 bits per heavy atom. The fourth-order valence-corrected chi connectivity index (χ4v) is 4.34. The molecule has 0 heterocycles. The molecule has 2 N–H and O–H groups in total. The molecule has 1 aromatic rings. The molecule has 0 radical (unpaired) electrons. The molecule has 1 aliphatic carbocycles. The van der Waals surface area contributed by atoms with E-state index in [1.54, 1.807) is 0 Å². The van der Waals surface area contributed by atoms with Crippen molar-refractivity contribution in [1.29, 1.82) is 0 Å². The third kappa shape index (κ3) is 3.55. The molecule has 4 nitrogen and oxygen atoms in total. The van der Waals surface area contributed by atoms with Crippen LogP contribution in [-0.4, -0.2) is 31.4 Å². The number of hydrogen-bond acceptors (Lipinski definition) is 3. The van der Waals surface area contributed by atoms with Crippen LogP contribution in [0.4, 0.5) is 0 Å². The summed E-state index contributed by atoms with van der Waals surface area (Å²) in [6, 6.07) is 9.61. The van der Waals surface area contributed by atoms with Gasteiger partial charge in [0.15, 0.2) is 0 Å². The van der Waals surface area contributed by atoms with E-state index in [1.807, 2.05) is 37.3 Å². The van der Waals surface area contributed by atoms with Crippen molar-refractivity contribution in [2.45, 2.75) is 37.6 Å². The van der Waals surface area contributed by atoms with Crippen molar-refractivity contribution in [3.05, 3.63) is 35.9 Å². The summed E-state index contributed by atoms with van der Waals surface area (Å²) in [5.74, 6) is -0.00630. The molecule has 0 amide bonds. The normalized spacial score (nSPS) is 19.7. The Morgan fingerprint density at radius 1 is 1.32 bits per heavy atom. The molecule has 1 atom stereocenters. The number of sulfonamides is 1. The second kappa shape index (κ2) is 5.61. The Morgan fingerprint density at radius 3 is 2.42 bits per heavy atom. The average molecular weight is 283 g/mol. The first kappa shape index (κ1) is 14.5. The van der Waals surface area contributed by atoms with Crippen molar-refractivity contribution >= 4 is 10.0 Å². The third-order valence-electron chi connectivity index (χ3n) is 3.82. The van der Waals surface area contributed by atoms with Crippen molar-refractivity contribution in [2.75, 3.05) is 12.4 Å². The van der Waals surface area contributed by atoms with Gasteiger partial charge in [-0.2, -0.15) is 0 Å². The van der Waals surface area contributed by atoms with Crippen LogP contribution in [0, 0.1) is 0 Å². The molecule has 19 heavy (non-hydrogen) atoms. The highest BCUT2D eigenvalue weighted by molar-refractivity contribution is 7.89. The number of rotatable bonds is 6. The van der Waals surface area contributed by atoms with E-state index in [4.69, 9.17) is 0 Å². The van der Waals surface area contributed by atoms with Crippen LogP contribution in [0.5, 0.6) is 0 Å². The SMILES string of the molecule is CC(CS(=O)(=O)NC1(CO)CCC1)c1ccccc1. The summed E-state index contributed by atoms with van der Waals surface area (Å²) in [6.45, 7) is 1.78. The van der Waals surface area contributed by atoms with Crippen LogP contribution in [0.3, 0.4) is 0 Å². The van der Waals surface area contributed by atoms with Crippen LogP contribution in [0.25, 0.3) is 0 Å². The minimum atomic E-state index is -3.37. The molecule has 0 spiro atoms. The highest BCUT2D eigenvalue weighted by Gasteiger charge is 2.40. The largest absolute Gasteiger partial charge is 0.394 e. The number of aliphatic hydroxyl groups is 1. The number of aliphatic hydroxyl groups excluding tert-OH is 1. The van der Waals surface area contributed by atoms with Gasteiger partial charge >= 0.3 is 0 Å². The Balaban J connectivity index is 2.01. The molecule has 0 aromatic heterocycles. The third-order valence-corrected chi connectivity index (χ3v) is 5.51. The molecule has 1 fully saturated rings. The van der Waals surface area contributed by atoms with Crippen molar-refractivity contribution in [1.82, 2.24) is 4.72 Å². The number of hydrogen-bond donors (Lipinski definition) is 2. The quantitative estimate of drug-likeness (QED) is 0.834. The van der Waals surface area contributed by atoms with E-state index in [-0.39, 0.29) is 18.3 Å². The Labute approximate surface area is 114 Å². The maximum absolute atomic E-state index is 12.2. The van der Waals surface area contributed by atoms with Gasteiger partial charge in [0.2, 0.25) is 10.0 Å². The van der Waals surface area contributed by atoms with Crippen LogP contribution in [0.1, 0.15) is 37.7 Å². The Bertz CT molecular complexity index is 503. The lowest BCUT2D eigenvalue weighted by Crippen LogP contribution is -2.56. The van der Waals surface area contributed by atoms with E-state index in [9.17, 15) is 13.5 Å². The first-order valence-corrected chi connectivity index (χ1v) is 8.29. The zero-order valence-corrected chi connectivity index (χ0v) is 12.0. The van der Waals surface area contributed by atoms with Gasteiger partial charge in [0.25, 0.3) is 0 Å². The zero-order chi connectivity index (χ0) is 13.9. The van der Waals surface area contributed by atoms with Gasteiger partial charge in [-0.3, -0.25) is 0 Å². The van der Waals surface area contributed by atoms with Crippen LogP contribution in [0.15, 0.2) is 30.3 Å². The molecule has 0 bridgehead atoms. The van der Waals surface area contributed by atoms with Crippen molar-refractivity contribution in [3.63, 3.8) is 0 Å². The van der Waals surface area contributed by atoms with Gasteiger partial charge in [0, 0.05) is 0 Å². The monoisotopic (exact) mass is 283 g/mol. The second-order valence-electron chi connectivity index (χ2n) is 5.49. The van der Waals surface area contributed by atoms with Crippen molar-refractivity contribution in [3.8, 4) is 0 Å². The zero-order valence-electron chi connectivity index (χ0n) is 11.2. The molecule has 0 aliphatic heterocycles. The predicted molar refractivity (Wildman–Crippen MR) is 75.4 cm³/mol. The fraction of sp³-hybridized carbons (Fsp3) is 0.571. The summed E-state index contributed by atoms with van der Waals surface area (Å²) in [5, 5.41) is 9.32. The van der Waals surface area contributed by atoms with Crippen LogP contribution in [-0.2, 0) is 10.0 Å². The molecule has 0 saturated heterocycles. The topological polar surface area (TPSA) is 66.4 Å². The summed E-state index contributed by atoms with van der Waals surface area (Å²) in [7, 11) is -3.37. The van der Waals surface area contributed by atoms with Crippen molar-refractivity contribution in [2.24, 2.45) is 0 Å². The number of benzene rings is 1. The molecular formula is C14H21NO3S. The first-order valence-electron chi connectivity index (χ1n) is 6.64. The summed E-state index contributed by atoms with van der Waals surface area (Å²) >= 11 is 0. The van der Waals surface area contributed by atoms with Gasteiger partial charge in [0.05, 0.1) is 17.9 Å². The van der Waals surface area contributed by atoms with E-state index in [2.05, 4.69) is 4.72 Å². The highest BCUT2D eigenvalue weighted by Crippen LogP contribution is 2.32. The molecule has 1 unspecified atom stereocenters. The van der Waals surface area contributed by atoms with E-state index >= 15 is 0 Å². The average Bonchev–Trinajstić information content (AvgIpc) is 2.34. The smallest absolute Gasteiger partial charge is 0.212 e. The molecule has 106 valence electrons. The number of nitrogens with one attached hydrogen (secondary N) is 1. The maximum Gasteiger partial charge on any atom is 0.212 e. The van der Waals surface area contributed by atoms with E-state index in [0.29, 0.717) is 0 Å². The maximum atomic E-state index is 12.2. The Hall–Kier alpha value is -0.910. The highest BCUT2D eigenvalue weighted by atomic mass is 32.2. The van der Waals surface area contributed by atoms with Gasteiger partial charge in [-0.25, -0.2) is 13.1 Å². The molecular weight excluding hydrogens is 262 g/mol. The first-order chi connectivity index (χ1) is 8.96. The van der Waals surface area contributed by atoms with E-state index in [1.165, 1.54) is 0 Å². The van der Waals surface area contributed by atoms with Crippen molar-refractivity contribution < 1.29 is 13.5 Å². The Kier molecular flexibility index (Phi) is 4.28. The lowest BCUT2D eigenvalue weighted by atomic mass is 9.78. The minimum absolute atomic E-state index is 0.0543. The summed E-state index contributed by atoms with van der Waals surface area (Å²) in [6.07, 6.45) is 2.42.